The van der Waals surface area contributed by atoms with E-state index in [1.807, 2.05) is 0 Å². The fourth-order valence-corrected chi connectivity index (χ4v) is 7.40. The number of hydrogen-bond donors (Lipinski definition) is 5. The predicted molar refractivity (Wildman–Crippen MR) is 148 cm³/mol. The van der Waals surface area contributed by atoms with Gasteiger partial charge >= 0.3 is 0 Å². The van der Waals surface area contributed by atoms with E-state index in [1.165, 1.54) is 26.2 Å². The molecule has 1 aromatic carbocycles. The highest BCUT2D eigenvalue weighted by Gasteiger charge is 2.64. The summed E-state index contributed by atoms with van der Waals surface area (Å²) in [5, 5.41) is 43.1. The molecule has 1 aromatic rings. The van der Waals surface area contributed by atoms with Crippen molar-refractivity contribution in [2.24, 2.45) is 21.9 Å². The molecule has 5 rings (SSSR count). The van der Waals surface area contributed by atoms with E-state index >= 15 is 0 Å². The van der Waals surface area contributed by atoms with Crippen molar-refractivity contribution in [3.05, 3.63) is 33.8 Å². The van der Waals surface area contributed by atoms with Gasteiger partial charge in [-0.15, -0.1) is 0 Å². The second kappa shape index (κ2) is 11.2. The van der Waals surface area contributed by atoms with E-state index in [0.29, 0.717) is 22.2 Å². The minimum Gasteiger partial charge on any atom is -0.386 e. The van der Waals surface area contributed by atoms with Crippen LogP contribution in [0.4, 0.5) is 0 Å². The molecule has 3 aliphatic heterocycles. The smallest absolute Gasteiger partial charge is 0.156 e. The summed E-state index contributed by atoms with van der Waals surface area (Å²) in [6, 6.07) is 4.82. The molecule has 2 unspecified atom stereocenters. The summed E-state index contributed by atoms with van der Waals surface area (Å²) in [5.41, 5.74) is 1.05. The molecule has 0 spiro atoms. The van der Waals surface area contributed by atoms with E-state index < -0.39 is 35.8 Å². The van der Waals surface area contributed by atoms with Crippen molar-refractivity contribution in [2.75, 3.05) is 13.6 Å². The third-order valence-corrected chi connectivity index (χ3v) is 9.77. The number of halogens is 2. The average Bonchev–Trinajstić information content (AvgIpc) is 3.36. The fourth-order valence-electron chi connectivity index (χ4n) is 7.10. The van der Waals surface area contributed by atoms with Crippen LogP contribution >= 0.6 is 23.2 Å². The summed E-state index contributed by atoms with van der Waals surface area (Å²) >= 11 is 12.3. The Hall–Kier alpha value is -1.46. The maximum atomic E-state index is 11.5. The normalized spacial score (nSPS) is 38.4. The number of hydrogen-bond acceptors (Lipinski definition) is 8. The molecular formula is C27H39Cl2N5O4. The number of fused-ring (bicyclic) bond motifs is 1. The van der Waals surface area contributed by atoms with Crippen LogP contribution in [0.15, 0.2) is 28.3 Å². The van der Waals surface area contributed by atoms with Crippen LogP contribution in [0.2, 0.25) is 10.0 Å². The molecule has 38 heavy (non-hydrogen) atoms. The van der Waals surface area contributed by atoms with Crippen LogP contribution in [0.1, 0.15) is 70.0 Å². The maximum Gasteiger partial charge on any atom is 0.156 e. The zero-order valence-corrected chi connectivity index (χ0v) is 23.5. The molecule has 3 heterocycles. The van der Waals surface area contributed by atoms with Crippen LogP contribution < -0.4 is 10.7 Å². The number of aliphatic hydroxyl groups excluding tert-OH is 2. The van der Waals surface area contributed by atoms with Crippen LogP contribution in [0, 0.1) is 11.8 Å². The summed E-state index contributed by atoms with van der Waals surface area (Å²) < 4.78 is 6.44. The number of ether oxygens (including phenoxy) is 1. The Kier molecular flexibility index (Phi) is 8.27. The minimum absolute atomic E-state index is 0.0239. The number of rotatable bonds is 5. The molecule has 1 aliphatic carbocycles. The number of benzene rings is 1. The second-order valence-electron chi connectivity index (χ2n) is 11.2. The van der Waals surface area contributed by atoms with Crippen LogP contribution in [0.3, 0.4) is 0 Å². The first-order chi connectivity index (χ1) is 18.2. The SMILES string of the molecule is CN/N=C1/N=CNC2(C3CCCCCCC3)C1CCN2[C@@H]1O[C@H]([C@H](O)c2ccc(Cl)c(Cl)c2)[C@@](C)(O)[C@H]1O. The molecule has 3 fully saturated rings. The topological polar surface area (TPSA) is 122 Å². The van der Waals surface area contributed by atoms with Gasteiger partial charge in [-0.25, -0.2) is 4.99 Å². The molecule has 9 nitrogen and oxygen atoms in total. The third kappa shape index (κ3) is 4.74. The third-order valence-electron chi connectivity index (χ3n) is 9.03. The lowest BCUT2D eigenvalue weighted by Crippen LogP contribution is -2.69. The summed E-state index contributed by atoms with van der Waals surface area (Å²) in [6.07, 6.45) is 6.08. The quantitative estimate of drug-likeness (QED) is 0.345. The Morgan fingerprint density at radius 3 is 2.55 bits per heavy atom. The lowest BCUT2D eigenvalue weighted by molar-refractivity contribution is -0.157. The first kappa shape index (κ1) is 28.1. The largest absolute Gasteiger partial charge is 0.386 e. The van der Waals surface area contributed by atoms with Gasteiger partial charge in [-0.2, -0.15) is 5.10 Å². The van der Waals surface area contributed by atoms with Crippen LogP contribution in [-0.2, 0) is 4.74 Å². The molecule has 0 bridgehead atoms. The number of amidine groups is 1. The number of nitrogens with zero attached hydrogens (tertiary/aromatic N) is 3. The zero-order chi connectivity index (χ0) is 27.1. The minimum atomic E-state index is -1.72. The molecule has 2 saturated heterocycles. The summed E-state index contributed by atoms with van der Waals surface area (Å²) in [6.45, 7) is 2.14. The van der Waals surface area contributed by atoms with Gasteiger partial charge in [-0.1, -0.05) is 61.4 Å². The van der Waals surface area contributed by atoms with Gasteiger partial charge in [0, 0.05) is 13.6 Å². The molecule has 0 aromatic heterocycles. The van der Waals surface area contributed by atoms with Gasteiger partial charge in [0.1, 0.15) is 35.8 Å². The lowest BCUT2D eigenvalue weighted by atomic mass is 9.74. The number of likely N-dealkylation sites (tertiary alicyclic amines) is 1. The van der Waals surface area contributed by atoms with Crippen molar-refractivity contribution in [1.82, 2.24) is 15.6 Å². The van der Waals surface area contributed by atoms with Crippen LogP contribution in [-0.4, -0.2) is 75.7 Å². The molecule has 11 heteroatoms. The fraction of sp³-hybridized carbons (Fsp3) is 0.704. The Morgan fingerprint density at radius 2 is 1.87 bits per heavy atom. The van der Waals surface area contributed by atoms with Gasteiger partial charge in [0.2, 0.25) is 0 Å². The molecule has 0 amide bonds. The van der Waals surface area contributed by atoms with Gasteiger partial charge in [0.15, 0.2) is 5.84 Å². The van der Waals surface area contributed by atoms with E-state index in [1.54, 1.807) is 31.6 Å². The van der Waals surface area contributed by atoms with Crippen molar-refractivity contribution in [1.29, 1.82) is 0 Å². The maximum absolute atomic E-state index is 11.5. The monoisotopic (exact) mass is 567 g/mol. The van der Waals surface area contributed by atoms with Crippen molar-refractivity contribution in [3.8, 4) is 0 Å². The van der Waals surface area contributed by atoms with Crippen LogP contribution in [0.25, 0.3) is 0 Å². The summed E-state index contributed by atoms with van der Waals surface area (Å²) in [5.74, 6) is 0.968. The van der Waals surface area contributed by atoms with Crippen molar-refractivity contribution < 1.29 is 20.1 Å². The molecule has 0 radical (unpaired) electrons. The summed E-state index contributed by atoms with van der Waals surface area (Å²) in [7, 11) is 1.77. The molecule has 5 N–H and O–H groups in total. The van der Waals surface area contributed by atoms with E-state index in [0.717, 1.165) is 37.9 Å². The van der Waals surface area contributed by atoms with Gasteiger partial charge < -0.3 is 30.8 Å². The highest BCUT2D eigenvalue weighted by molar-refractivity contribution is 6.42. The van der Waals surface area contributed by atoms with E-state index in [-0.39, 0.29) is 11.8 Å². The highest BCUT2D eigenvalue weighted by Crippen LogP contribution is 2.50. The Morgan fingerprint density at radius 1 is 1.16 bits per heavy atom. The number of aliphatic hydroxyl groups is 3. The number of hydrazone groups is 1. The van der Waals surface area contributed by atoms with Crippen molar-refractivity contribution in [3.63, 3.8) is 0 Å². The van der Waals surface area contributed by atoms with E-state index in [2.05, 4.69) is 25.7 Å². The van der Waals surface area contributed by atoms with E-state index in [4.69, 9.17) is 27.9 Å². The first-order valence-electron chi connectivity index (χ1n) is 13.7. The van der Waals surface area contributed by atoms with Crippen molar-refractivity contribution >= 4 is 35.4 Å². The second-order valence-corrected chi connectivity index (χ2v) is 12.0. The van der Waals surface area contributed by atoms with Gasteiger partial charge in [0.25, 0.3) is 0 Å². The lowest BCUT2D eigenvalue weighted by Gasteiger charge is -2.51. The van der Waals surface area contributed by atoms with Gasteiger partial charge in [-0.05, 0) is 49.8 Å². The standard InChI is InChI=1S/C27H39Cl2N5O4/c1-26(37)22(36)25(38-23(26)21(35)16-10-11-19(28)20(29)14-16)34-13-12-18-24(33-30-2)31-15-32-27(18,34)17-8-6-4-3-5-7-9-17/h10-11,14-15,17-18,21-23,25,30,35-37H,3-9,12-13H2,1-2H3,(H,31,32,33)/t18?,21-,22+,23-,25-,26+,27?/m1/s1. The van der Waals surface area contributed by atoms with E-state index in [9.17, 15) is 15.3 Å². The summed E-state index contributed by atoms with van der Waals surface area (Å²) in [4.78, 5) is 6.73. The first-order valence-corrected chi connectivity index (χ1v) is 14.5. The molecule has 4 aliphatic rings. The molecule has 1 saturated carbocycles. The Balaban J connectivity index is 1.50. The molecule has 7 atom stereocenters. The molecular weight excluding hydrogens is 529 g/mol. The Labute approximate surface area is 234 Å². The highest BCUT2D eigenvalue weighted by atomic mass is 35.5. The number of aliphatic imine (C=N–C) groups is 1. The average molecular weight is 569 g/mol. The number of nitrogens with one attached hydrogen (secondary N) is 2. The van der Waals surface area contributed by atoms with Gasteiger partial charge in [0.05, 0.1) is 22.3 Å². The zero-order valence-electron chi connectivity index (χ0n) is 22.0. The predicted octanol–water partition coefficient (Wildman–Crippen LogP) is 3.41. The Bertz CT molecular complexity index is 1060. The van der Waals surface area contributed by atoms with Crippen molar-refractivity contribution in [2.45, 2.75) is 94.1 Å². The molecule has 210 valence electrons. The van der Waals surface area contributed by atoms with Gasteiger partial charge in [-0.3, -0.25) is 4.90 Å². The van der Waals surface area contributed by atoms with Crippen LogP contribution in [0.5, 0.6) is 0 Å².